The molecular formula is C12H17NS. The van der Waals surface area contributed by atoms with E-state index in [4.69, 9.17) is 0 Å². The van der Waals surface area contributed by atoms with Crippen molar-refractivity contribution in [3.63, 3.8) is 0 Å². The molecule has 0 aromatic heterocycles. The van der Waals surface area contributed by atoms with E-state index >= 15 is 0 Å². The molecule has 1 nitrogen and oxygen atoms in total. The fraction of sp³-hybridized carbons (Fsp3) is 0.500. The molecule has 0 saturated heterocycles. The Kier molecular flexibility index (Phi) is 3.14. The van der Waals surface area contributed by atoms with Crippen LogP contribution in [0.5, 0.6) is 0 Å². The Bertz CT molecular complexity index is 318. The van der Waals surface area contributed by atoms with E-state index in [1.165, 1.54) is 28.9 Å². The van der Waals surface area contributed by atoms with Crippen molar-refractivity contribution >= 4 is 11.8 Å². The van der Waals surface area contributed by atoms with Gasteiger partial charge in [0.25, 0.3) is 0 Å². The van der Waals surface area contributed by atoms with Gasteiger partial charge in [-0.2, -0.15) is 0 Å². The minimum Gasteiger partial charge on any atom is -0.310 e. The van der Waals surface area contributed by atoms with Gasteiger partial charge in [-0.1, -0.05) is 17.7 Å². The maximum Gasteiger partial charge on any atom is 0.0219 e. The van der Waals surface area contributed by atoms with E-state index < -0.39 is 0 Å². The smallest absolute Gasteiger partial charge is 0.0219 e. The summed E-state index contributed by atoms with van der Waals surface area (Å²) < 4.78 is 0. The largest absolute Gasteiger partial charge is 0.310 e. The molecule has 1 aliphatic rings. The monoisotopic (exact) mass is 207 g/mol. The van der Waals surface area contributed by atoms with E-state index in [9.17, 15) is 0 Å². The summed E-state index contributed by atoms with van der Waals surface area (Å²) >= 11 is 1.84. The molecule has 0 bridgehead atoms. The molecule has 0 amide bonds. The van der Waals surface area contributed by atoms with Crippen LogP contribution in [0.2, 0.25) is 0 Å². The van der Waals surface area contributed by atoms with Gasteiger partial charge in [-0.05, 0) is 37.7 Å². The number of benzene rings is 1. The Morgan fingerprint density at radius 1 is 1.43 bits per heavy atom. The molecule has 0 heterocycles. The molecule has 14 heavy (non-hydrogen) atoms. The zero-order chi connectivity index (χ0) is 9.97. The fourth-order valence-electron chi connectivity index (χ4n) is 1.59. The van der Waals surface area contributed by atoms with E-state index in [1.807, 2.05) is 11.8 Å². The van der Waals surface area contributed by atoms with Crippen molar-refractivity contribution in [1.82, 2.24) is 5.32 Å². The van der Waals surface area contributed by atoms with Crippen LogP contribution in [-0.4, -0.2) is 12.3 Å². The predicted molar refractivity (Wildman–Crippen MR) is 62.8 cm³/mol. The molecule has 0 aliphatic heterocycles. The highest BCUT2D eigenvalue weighted by Gasteiger charge is 2.20. The Hall–Kier alpha value is -0.470. The van der Waals surface area contributed by atoms with Crippen molar-refractivity contribution in [3.05, 3.63) is 29.3 Å². The first-order valence-electron chi connectivity index (χ1n) is 5.16. The van der Waals surface area contributed by atoms with Crippen molar-refractivity contribution in [2.24, 2.45) is 0 Å². The highest BCUT2D eigenvalue weighted by atomic mass is 32.2. The van der Waals surface area contributed by atoms with Gasteiger partial charge in [0.15, 0.2) is 0 Å². The van der Waals surface area contributed by atoms with Gasteiger partial charge in [-0.25, -0.2) is 0 Å². The number of thioether (sulfide) groups is 1. The zero-order valence-corrected chi connectivity index (χ0v) is 9.66. The summed E-state index contributed by atoms with van der Waals surface area (Å²) in [6.45, 7) is 3.19. The van der Waals surface area contributed by atoms with Crippen LogP contribution in [0.4, 0.5) is 0 Å². The van der Waals surface area contributed by atoms with Crippen LogP contribution < -0.4 is 5.32 Å². The minimum absolute atomic E-state index is 0.796. The summed E-state index contributed by atoms with van der Waals surface area (Å²) in [5.74, 6) is 0. The average molecular weight is 207 g/mol. The number of rotatable bonds is 4. The topological polar surface area (TPSA) is 12.0 Å². The second-order valence-electron chi connectivity index (χ2n) is 3.97. The number of aryl methyl sites for hydroxylation is 1. The van der Waals surface area contributed by atoms with Crippen molar-refractivity contribution < 1.29 is 0 Å². The first-order valence-corrected chi connectivity index (χ1v) is 6.39. The number of hydrogen-bond acceptors (Lipinski definition) is 2. The predicted octanol–water partition coefficient (Wildman–Crippen LogP) is 2.97. The van der Waals surface area contributed by atoms with Gasteiger partial charge in [0.2, 0.25) is 0 Å². The molecule has 1 aliphatic carbocycles. The SMILES string of the molecule is CSc1ccc(C)cc1CNC1CC1. The number of nitrogens with one attached hydrogen (secondary N) is 1. The summed E-state index contributed by atoms with van der Waals surface area (Å²) in [6.07, 6.45) is 4.87. The zero-order valence-electron chi connectivity index (χ0n) is 8.84. The van der Waals surface area contributed by atoms with Gasteiger partial charge in [0.05, 0.1) is 0 Å². The summed E-state index contributed by atoms with van der Waals surface area (Å²) in [5.41, 5.74) is 2.81. The lowest BCUT2D eigenvalue weighted by molar-refractivity contribution is 0.680. The van der Waals surface area contributed by atoms with Gasteiger partial charge in [0.1, 0.15) is 0 Å². The Balaban J connectivity index is 2.07. The number of hydrogen-bond donors (Lipinski definition) is 1. The van der Waals surface area contributed by atoms with Gasteiger partial charge in [-0.15, -0.1) is 11.8 Å². The molecular weight excluding hydrogens is 190 g/mol. The normalized spacial score (nSPS) is 15.9. The molecule has 0 atom stereocenters. The fourth-order valence-corrected chi connectivity index (χ4v) is 2.18. The maximum atomic E-state index is 3.56. The highest BCUT2D eigenvalue weighted by molar-refractivity contribution is 7.98. The molecule has 0 radical (unpaired) electrons. The van der Waals surface area contributed by atoms with Crippen LogP contribution in [0.15, 0.2) is 23.1 Å². The van der Waals surface area contributed by atoms with Crippen LogP contribution in [0.1, 0.15) is 24.0 Å². The molecule has 2 heteroatoms. The second kappa shape index (κ2) is 4.37. The van der Waals surface area contributed by atoms with Gasteiger partial charge < -0.3 is 5.32 Å². The lowest BCUT2D eigenvalue weighted by Gasteiger charge is -2.09. The summed E-state index contributed by atoms with van der Waals surface area (Å²) in [7, 11) is 0. The second-order valence-corrected chi connectivity index (χ2v) is 4.82. The molecule has 0 unspecified atom stereocenters. The summed E-state index contributed by atoms with van der Waals surface area (Å²) in [5, 5.41) is 3.56. The minimum atomic E-state index is 0.796. The summed E-state index contributed by atoms with van der Waals surface area (Å²) in [6, 6.07) is 7.50. The summed E-state index contributed by atoms with van der Waals surface area (Å²) in [4.78, 5) is 1.41. The first kappa shape index (κ1) is 10.1. The third-order valence-corrected chi connectivity index (χ3v) is 3.43. The standard InChI is InChI=1S/C12H17NS/c1-9-3-6-12(14-2)10(7-9)8-13-11-4-5-11/h3,6-7,11,13H,4-5,8H2,1-2H3. The lowest BCUT2D eigenvalue weighted by atomic mass is 10.1. The van der Waals surface area contributed by atoms with Crippen LogP contribution in [-0.2, 0) is 6.54 Å². The lowest BCUT2D eigenvalue weighted by Crippen LogP contribution is -2.15. The van der Waals surface area contributed by atoms with Crippen molar-refractivity contribution in [3.8, 4) is 0 Å². The van der Waals surface area contributed by atoms with E-state index in [0.717, 1.165) is 12.6 Å². The average Bonchev–Trinajstić information content (AvgIpc) is 2.98. The molecule has 1 aromatic carbocycles. The quantitative estimate of drug-likeness (QED) is 0.762. The van der Waals surface area contributed by atoms with Gasteiger partial charge in [0, 0.05) is 17.5 Å². The van der Waals surface area contributed by atoms with E-state index in [0.29, 0.717) is 0 Å². The molecule has 1 saturated carbocycles. The van der Waals surface area contributed by atoms with Crippen LogP contribution >= 0.6 is 11.8 Å². The highest BCUT2D eigenvalue weighted by Crippen LogP contribution is 2.24. The Morgan fingerprint density at radius 2 is 2.21 bits per heavy atom. The molecule has 1 aromatic rings. The van der Waals surface area contributed by atoms with Gasteiger partial charge in [-0.3, -0.25) is 0 Å². The van der Waals surface area contributed by atoms with Crippen LogP contribution in [0, 0.1) is 6.92 Å². The molecule has 1 N–H and O–H groups in total. The third kappa shape index (κ3) is 2.52. The van der Waals surface area contributed by atoms with Gasteiger partial charge >= 0.3 is 0 Å². The van der Waals surface area contributed by atoms with Crippen LogP contribution in [0.3, 0.4) is 0 Å². The Morgan fingerprint density at radius 3 is 2.86 bits per heavy atom. The van der Waals surface area contributed by atoms with Crippen molar-refractivity contribution in [2.45, 2.75) is 37.2 Å². The van der Waals surface area contributed by atoms with E-state index in [1.54, 1.807) is 0 Å². The molecule has 2 rings (SSSR count). The molecule has 1 fully saturated rings. The van der Waals surface area contributed by atoms with E-state index in [-0.39, 0.29) is 0 Å². The Labute approximate surface area is 90.3 Å². The van der Waals surface area contributed by atoms with E-state index in [2.05, 4.69) is 36.7 Å². The third-order valence-electron chi connectivity index (χ3n) is 2.59. The molecule has 0 spiro atoms. The maximum absolute atomic E-state index is 3.56. The van der Waals surface area contributed by atoms with Crippen LogP contribution in [0.25, 0.3) is 0 Å². The first-order chi connectivity index (χ1) is 6.79. The molecule has 76 valence electrons. The van der Waals surface area contributed by atoms with Crippen molar-refractivity contribution in [2.75, 3.05) is 6.26 Å². The van der Waals surface area contributed by atoms with Crippen molar-refractivity contribution in [1.29, 1.82) is 0 Å².